The Morgan fingerprint density at radius 2 is 2.29 bits per heavy atom. The lowest BCUT2D eigenvalue weighted by atomic mass is 10.2. The number of hydrogen-bond donors (Lipinski definition) is 0. The first kappa shape index (κ1) is 16.0. The van der Waals surface area contributed by atoms with E-state index in [0.717, 1.165) is 29.7 Å². The van der Waals surface area contributed by atoms with Crippen LogP contribution in [0.25, 0.3) is 10.2 Å². The molecule has 1 fully saturated rings. The molecular weight excluding hydrogens is 364 g/mol. The van der Waals surface area contributed by atoms with Gasteiger partial charge < -0.3 is 4.74 Å². The number of rotatable bonds is 4. The number of anilines is 1. The molecule has 1 unspecified atom stereocenters. The van der Waals surface area contributed by atoms with Gasteiger partial charge in [-0.05, 0) is 36.4 Å². The fourth-order valence-electron chi connectivity index (χ4n) is 2.79. The van der Waals surface area contributed by atoms with Gasteiger partial charge in [-0.1, -0.05) is 35.1 Å². The first-order chi connectivity index (χ1) is 11.7. The second-order valence-corrected chi connectivity index (χ2v) is 7.98. The van der Waals surface area contributed by atoms with Crippen molar-refractivity contribution >= 4 is 55.5 Å². The van der Waals surface area contributed by atoms with E-state index in [0.29, 0.717) is 21.6 Å². The van der Waals surface area contributed by atoms with E-state index in [2.05, 4.69) is 4.98 Å². The Morgan fingerprint density at radius 1 is 1.38 bits per heavy atom. The minimum absolute atomic E-state index is 0.0318. The van der Waals surface area contributed by atoms with Crippen molar-refractivity contribution in [1.82, 2.24) is 4.98 Å². The average molecular weight is 379 g/mol. The second-order valence-electron chi connectivity index (χ2n) is 5.61. The molecule has 1 aliphatic heterocycles. The SMILES string of the molecule is O=C(c1cccs1)N(CC1CCCO1)c1nc2c(Cl)cccc2s1. The summed E-state index contributed by atoms with van der Waals surface area (Å²) < 4.78 is 6.71. The first-order valence-electron chi connectivity index (χ1n) is 7.74. The van der Waals surface area contributed by atoms with Gasteiger partial charge in [-0.3, -0.25) is 9.69 Å². The molecule has 0 N–H and O–H groups in total. The fourth-order valence-corrected chi connectivity index (χ4v) is 4.74. The summed E-state index contributed by atoms with van der Waals surface area (Å²) in [7, 11) is 0. The molecule has 0 saturated carbocycles. The number of hydrogen-bond acceptors (Lipinski definition) is 5. The van der Waals surface area contributed by atoms with Crippen molar-refractivity contribution in [2.24, 2.45) is 0 Å². The molecule has 0 bridgehead atoms. The number of benzene rings is 1. The molecular formula is C17H15ClN2O2S2. The summed E-state index contributed by atoms with van der Waals surface area (Å²) in [4.78, 5) is 20.0. The largest absolute Gasteiger partial charge is 0.376 e. The molecule has 1 saturated heterocycles. The van der Waals surface area contributed by atoms with Gasteiger partial charge in [0.05, 0.1) is 27.2 Å². The highest BCUT2D eigenvalue weighted by atomic mass is 35.5. The van der Waals surface area contributed by atoms with Crippen molar-refractivity contribution in [3.05, 3.63) is 45.6 Å². The molecule has 2 aromatic heterocycles. The number of amides is 1. The molecule has 0 spiro atoms. The van der Waals surface area contributed by atoms with Gasteiger partial charge in [-0.25, -0.2) is 4.98 Å². The van der Waals surface area contributed by atoms with Crippen LogP contribution in [0.5, 0.6) is 0 Å². The lowest BCUT2D eigenvalue weighted by molar-refractivity contribution is 0.0920. The minimum Gasteiger partial charge on any atom is -0.376 e. The summed E-state index contributed by atoms with van der Waals surface area (Å²) >= 11 is 9.17. The molecule has 3 aromatic rings. The number of halogens is 1. The molecule has 4 rings (SSSR count). The number of carbonyl (C=O) groups is 1. The number of fused-ring (bicyclic) bond motifs is 1. The number of aromatic nitrogens is 1. The predicted octanol–water partition coefficient (Wildman–Crippen LogP) is 4.84. The molecule has 3 heterocycles. The number of para-hydroxylation sites is 1. The molecule has 24 heavy (non-hydrogen) atoms. The summed E-state index contributed by atoms with van der Waals surface area (Å²) in [5.74, 6) is -0.0318. The molecule has 1 amide bonds. The molecule has 1 aliphatic rings. The average Bonchev–Trinajstić information content (AvgIpc) is 3.32. The van der Waals surface area contributed by atoms with E-state index in [1.165, 1.54) is 22.7 Å². The van der Waals surface area contributed by atoms with Gasteiger partial charge in [0, 0.05) is 6.61 Å². The quantitative estimate of drug-likeness (QED) is 0.652. The lowest BCUT2D eigenvalue weighted by Gasteiger charge is -2.22. The van der Waals surface area contributed by atoms with Crippen LogP contribution in [0, 0.1) is 0 Å². The van der Waals surface area contributed by atoms with Gasteiger partial charge in [-0.15, -0.1) is 11.3 Å². The van der Waals surface area contributed by atoms with E-state index in [1.807, 2.05) is 35.7 Å². The van der Waals surface area contributed by atoms with Crippen molar-refractivity contribution in [1.29, 1.82) is 0 Å². The number of thiophene rings is 1. The van der Waals surface area contributed by atoms with Gasteiger partial charge in [0.2, 0.25) is 0 Å². The third-order valence-electron chi connectivity index (χ3n) is 3.98. The molecule has 7 heteroatoms. The monoisotopic (exact) mass is 378 g/mol. The van der Waals surface area contributed by atoms with Gasteiger partial charge in [0.15, 0.2) is 5.13 Å². The normalized spacial score (nSPS) is 17.5. The zero-order valence-electron chi connectivity index (χ0n) is 12.8. The Morgan fingerprint density at radius 3 is 3.00 bits per heavy atom. The standard InChI is InChI=1S/C17H15ClN2O2S2/c18-12-5-1-6-13-15(12)19-17(24-13)20(10-11-4-2-8-22-11)16(21)14-7-3-9-23-14/h1,3,5-7,9,11H,2,4,8,10H2. The van der Waals surface area contributed by atoms with Crippen LogP contribution in [-0.2, 0) is 4.74 Å². The van der Waals surface area contributed by atoms with Crippen LogP contribution in [0.1, 0.15) is 22.5 Å². The van der Waals surface area contributed by atoms with E-state index in [4.69, 9.17) is 16.3 Å². The molecule has 4 nitrogen and oxygen atoms in total. The second kappa shape index (κ2) is 6.80. The zero-order chi connectivity index (χ0) is 16.5. The van der Waals surface area contributed by atoms with Crippen LogP contribution in [0.2, 0.25) is 5.02 Å². The van der Waals surface area contributed by atoms with Crippen molar-refractivity contribution in [2.75, 3.05) is 18.1 Å². The van der Waals surface area contributed by atoms with E-state index in [9.17, 15) is 4.79 Å². The predicted molar refractivity (Wildman–Crippen MR) is 99.6 cm³/mol. The highest BCUT2D eigenvalue weighted by molar-refractivity contribution is 7.22. The molecule has 1 aromatic carbocycles. The van der Waals surface area contributed by atoms with Crippen molar-refractivity contribution < 1.29 is 9.53 Å². The maximum absolute atomic E-state index is 13.0. The fraction of sp³-hybridized carbons (Fsp3) is 0.294. The summed E-state index contributed by atoms with van der Waals surface area (Å²) in [5.41, 5.74) is 0.746. The third-order valence-corrected chi connectivity index (χ3v) is 6.18. The van der Waals surface area contributed by atoms with Crippen molar-refractivity contribution in [3.8, 4) is 0 Å². The van der Waals surface area contributed by atoms with Gasteiger partial charge >= 0.3 is 0 Å². The van der Waals surface area contributed by atoms with Crippen LogP contribution >= 0.6 is 34.3 Å². The summed E-state index contributed by atoms with van der Waals surface area (Å²) in [6.07, 6.45) is 2.08. The summed E-state index contributed by atoms with van der Waals surface area (Å²) in [6, 6.07) is 9.42. The first-order valence-corrected chi connectivity index (χ1v) is 9.82. The lowest BCUT2D eigenvalue weighted by Crippen LogP contribution is -2.37. The topological polar surface area (TPSA) is 42.4 Å². The molecule has 0 radical (unpaired) electrons. The Labute approximate surface area is 152 Å². The van der Waals surface area contributed by atoms with Crippen LogP contribution in [-0.4, -0.2) is 30.1 Å². The van der Waals surface area contributed by atoms with Gasteiger partial charge in [0.1, 0.15) is 5.52 Å². The van der Waals surface area contributed by atoms with Crippen LogP contribution in [0.4, 0.5) is 5.13 Å². The van der Waals surface area contributed by atoms with Crippen LogP contribution < -0.4 is 4.90 Å². The number of carbonyl (C=O) groups excluding carboxylic acids is 1. The van der Waals surface area contributed by atoms with E-state index in [-0.39, 0.29) is 12.0 Å². The Kier molecular flexibility index (Phi) is 4.54. The zero-order valence-corrected chi connectivity index (χ0v) is 15.2. The maximum atomic E-state index is 13.0. The van der Waals surface area contributed by atoms with Crippen LogP contribution in [0.3, 0.4) is 0 Å². The summed E-state index contributed by atoms with van der Waals surface area (Å²) in [5, 5.41) is 3.19. The summed E-state index contributed by atoms with van der Waals surface area (Å²) in [6.45, 7) is 1.28. The minimum atomic E-state index is -0.0318. The molecule has 0 aliphatic carbocycles. The smallest absolute Gasteiger partial charge is 0.270 e. The Hall–Kier alpha value is -1.47. The number of thiazole rings is 1. The van der Waals surface area contributed by atoms with Gasteiger partial charge in [-0.2, -0.15) is 0 Å². The molecule has 1 atom stereocenters. The van der Waals surface area contributed by atoms with E-state index in [1.54, 1.807) is 4.90 Å². The Balaban J connectivity index is 1.72. The van der Waals surface area contributed by atoms with Crippen molar-refractivity contribution in [2.45, 2.75) is 18.9 Å². The highest BCUT2D eigenvalue weighted by Crippen LogP contribution is 2.34. The van der Waals surface area contributed by atoms with E-state index >= 15 is 0 Å². The Bertz CT molecular complexity index is 857. The van der Waals surface area contributed by atoms with Gasteiger partial charge in [0.25, 0.3) is 5.91 Å². The molecule has 124 valence electrons. The van der Waals surface area contributed by atoms with Crippen molar-refractivity contribution in [3.63, 3.8) is 0 Å². The highest BCUT2D eigenvalue weighted by Gasteiger charge is 2.27. The van der Waals surface area contributed by atoms with E-state index < -0.39 is 0 Å². The number of nitrogens with zero attached hydrogens (tertiary/aromatic N) is 2. The van der Waals surface area contributed by atoms with Crippen LogP contribution in [0.15, 0.2) is 35.7 Å². The number of ether oxygens (including phenoxy) is 1. The maximum Gasteiger partial charge on any atom is 0.270 e. The third kappa shape index (κ3) is 3.07.